The monoisotopic (exact) mass is 291 g/mol. The van der Waals surface area contributed by atoms with E-state index >= 15 is 0 Å². The van der Waals surface area contributed by atoms with E-state index in [9.17, 15) is 4.79 Å². The highest BCUT2D eigenvalue weighted by Crippen LogP contribution is 2.35. The van der Waals surface area contributed by atoms with E-state index in [-0.39, 0.29) is 11.3 Å². The lowest BCUT2D eigenvalue weighted by Gasteiger charge is -2.21. The maximum Gasteiger partial charge on any atom is 0.230 e. The summed E-state index contributed by atoms with van der Waals surface area (Å²) < 4.78 is 0. The van der Waals surface area contributed by atoms with Gasteiger partial charge in [0.2, 0.25) is 5.91 Å². The normalized spacial score (nSPS) is 16.4. The van der Waals surface area contributed by atoms with Crippen molar-refractivity contribution in [1.29, 1.82) is 0 Å². The standard InChI is InChI=1S/C17H25NOS/c1-4-17(2,3)16(19)18-13-9-11-15(12-10-13)20-14-7-5-6-8-14/h9-12,14H,4-8H2,1-3H3,(H,18,19). The highest BCUT2D eigenvalue weighted by Gasteiger charge is 2.25. The molecule has 20 heavy (non-hydrogen) atoms. The van der Waals surface area contributed by atoms with E-state index in [1.165, 1.54) is 30.6 Å². The molecular formula is C17H25NOS. The van der Waals surface area contributed by atoms with E-state index in [0.29, 0.717) is 0 Å². The van der Waals surface area contributed by atoms with Crippen molar-refractivity contribution in [2.75, 3.05) is 5.32 Å². The van der Waals surface area contributed by atoms with Crippen LogP contribution in [0.3, 0.4) is 0 Å². The van der Waals surface area contributed by atoms with Gasteiger partial charge in [-0.25, -0.2) is 0 Å². The van der Waals surface area contributed by atoms with Gasteiger partial charge in [-0.1, -0.05) is 33.6 Å². The summed E-state index contributed by atoms with van der Waals surface area (Å²) in [7, 11) is 0. The van der Waals surface area contributed by atoms with E-state index in [0.717, 1.165) is 17.4 Å². The van der Waals surface area contributed by atoms with Crippen LogP contribution >= 0.6 is 11.8 Å². The topological polar surface area (TPSA) is 29.1 Å². The van der Waals surface area contributed by atoms with Gasteiger partial charge < -0.3 is 5.32 Å². The number of thioether (sulfide) groups is 1. The lowest BCUT2D eigenvalue weighted by atomic mass is 9.89. The Labute approximate surface area is 126 Å². The van der Waals surface area contributed by atoms with Crippen molar-refractivity contribution >= 4 is 23.4 Å². The van der Waals surface area contributed by atoms with Crippen molar-refractivity contribution in [3.63, 3.8) is 0 Å². The maximum atomic E-state index is 12.1. The first-order chi connectivity index (χ1) is 9.51. The van der Waals surface area contributed by atoms with E-state index < -0.39 is 0 Å². The molecule has 1 aromatic rings. The predicted octanol–water partition coefficient (Wildman–Crippen LogP) is 5.10. The SMILES string of the molecule is CCC(C)(C)C(=O)Nc1ccc(SC2CCCC2)cc1. The van der Waals surface area contributed by atoms with Gasteiger partial charge in [-0.15, -0.1) is 11.8 Å². The van der Waals surface area contributed by atoms with Crippen molar-refractivity contribution < 1.29 is 4.79 Å². The molecule has 1 N–H and O–H groups in total. The molecule has 1 aromatic carbocycles. The average Bonchev–Trinajstić information content (AvgIpc) is 2.94. The number of carbonyl (C=O) groups is 1. The van der Waals surface area contributed by atoms with E-state index in [2.05, 4.69) is 17.4 Å². The first-order valence-corrected chi connectivity index (χ1v) is 8.47. The molecule has 0 spiro atoms. The summed E-state index contributed by atoms with van der Waals surface area (Å²) in [4.78, 5) is 13.4. The first-order valence-electron chi connectivity index (χ1n) is 7.59. The van der Waals surface area contributed by atoms with Gasteiger partial charge in [-0.2, -0.15) is 0 Å². The zero-order valence-electron chi connectivity index (χ0n) is 12.7. The molecule has 0 atom stereocenters. The molecule has 0 unspecified atom stereocenters. The summed E-state index contributed by atoms with van der Waals surface area (Å²) in [5, 5.41) is 3.79. The second kappa shape index (κ2) is 6.66. The second-order valence-corrected chi connectivity index (χ2v) is 7.61. The number of benzene rings is 1. The van der Waals surface area contributed by atoms with E-state index in [1.54, 1.807) is 0 Å². The molecule has 0 radical (unpaired) electrons. The molecule has 3 heteroatoms. The Bertz CT molecular complexity index is 447. The van der Waals surface area contributed by atoms with Gasteiger partial charge in [0, 0.05) is 21.2 Å². The molecule has 0 heterocycles. The summed E-state index contributed by atoms with van der Waals surface area (Å²) in [6, 6.07) is 8.27. The largest absolute Gasteiger partial charge is 0.326 e. The molecule has 0 aliphatic heterocycles. The Balaban J connectivity index is 1.92. The van der Waals surface area contributed by atoms with Crippen LogP contribution in [0.2, 0.25) is 0 Å². The number of rotatable bonds is 5. The Morgan fingerprint density at radius 2 is 1.85 bits per heavy atom. The molecule has 110 valence electrons. The molecule has 2 rings (SSSR count). The van der Waals surface area contributed by atoms with Gasteiger partial charge in [-0.05, 0) is 43.5 Å². The molecule has 1 saturated carbocycles. The van der Waals surface area contributed by atoms with Crippen LogP contribution < -0.4 is 5.32 Å². The maximum absolute atomic E-state index is 12.1. The molecular weight excluding hydrogens is 266 g/mol. The van der Waals surface area contributed by atoms with Crippen LogP contribution in [0.1, 0.15) is 52.9 Å². The first kappa shape index (κ1) is 15.4. The molecule has 2 nitrogen and oxygen atoms in total. The highest BCUT2D eigenvalue weighted by molar-refractivity contribution is 8.00. The number of carbonyl (C=O) groups excluding carboxylic acids is 1. The van der Waals surface area contributed by atoms with Gasteiger partial charge in [-0.3, -0.25) is 4.79 Å². The van der Waals surface area contributed by atoms with Crippen molar-refractivity contribution in [3.8, 4) is 0 Å². The Morgan fingerprint density at radius 1 is 1.25 bits per heavy atom. The van der Waals surface area contributed by atoms with Crippen LogP contribution in [-0.2, 0) is 4.79 Å². The average molecular weight is 291 g/mol. The summed E-state index contributed by atoms with van der Waals surface area (Å²) in [6.45, 7) is 6.00. The van der Waals surface area contributed by atoms with Crippen LogP contribution in [-0.4, -0.2) is 11.2 Å². The molecule has 1 aliphatic rings. The minimum Gasteiger partial charge on any atom is -0.326 e. The molecule has 0 saturated heterocycles. The highest BCUT2D eigenvalue weighted by atomic mass is 32.2. The summed E-state index contributed by atoms with van der Waals surface area (Å²) in [5.74, 6) is 0.0937. The van der Waals surface area contributed by atoms with Gasteiger partial charge in [0.05, 0.1) is 0 Å². The number of nitrogens with one attached hydrogen (secondary N) is 1. The van der Waals surface area contributed by atoms with Crippen molar-refractivity contribution in [2.45, 2.75) is 63.0 Å². The lowest BCUT2D eigenvalue weighted by Crippen LogP contribution is -2.29. The fourth-order valence-corrected chi connectivity index (χ4v) is 3.52. The zero-order valence-corrected chi connectivity index (χ0v) is 13.6. The van der Waals surface area contributed by atoms with Crippen LogP contribution in [0.4, 0.5) is 5.69 Å². The molecule has 1 aliphatic carbocycles. The number of amides is 1. The third-order valence-corrected chi connectivity index (χ3v) is 5.56. The van der Waals surface area contributed by atoms with Gasteiger partial charge >= 0.3 is 0 Å². The van der Waals surface area contributed by atoms with E-state index in [1.807, 2.05) is 44.7 Å². The van der Waals surface area contributed by atoms with Crippen molar-refractivity contribution in [2.24, 2.45) is 5.41 Å². The van der Waals surface area contributed by atoms with Gasteiger partial charge in [0.25, 0.3) is 0 Å². The van der Waals surface area contributed by atoms with E-state index in [4.69, 9.17) is 0 Å². The molecule has 0 aromatic heterocycles. The smallest absolute Gasteiger partial charge is 0.230 e. The van der Waals surface area contributed by atoms with Gasteiger partial charge in [0.1, 0.15) is 0 Å². The second-order valence-electron chi connectivity index (χ2n) is 6.24. The fraction of sp³-hybridized carbons (Fsp3) is 0.588. The quantitative estimate of drug-likeness (QED) is 0.818. The summed E-state index contributed by atoms with van der Waals surface area (Å²) >= 11 is 1.98. The zero-order chi connectivity index (χ0) is 14.6. The summed E-state index contributed by atoms with van der Waals surface area (Å²) in [6.07, 6.45) is 6.27. The predicted molar refractivity (Wildman–Crippen MR) is 87.3 cm³/mol. The third kappa shape index (κ3) is 4.02. The number of hydrogen-bond acceptors (Lipinski definition) is 2. The van der Waals surface area contributed by atoms with Crippen LogP contribution in [0.25, 0.3) is 0 Å². The van der Waals surface area contributed by atoms with Gasteiger partial charge in [0.15, 0.2) is 0 Å². The van der Waals surface area contributed by atoms with Crippen LogP contribution in [0, 0.1) is 5.41 Å². The molecule has 1 fully saturated rings. The fourth-order valence-electron chi connectivity index (χ4n) is 2.28. The lowest BCUT2D eigenvalue weighted by molar-refractivity contribution is -0.124. The minimum absolute atomic E-state index is 0.0937. The van der Waals surface area contributed by atoms with Crippen molar-refractivity contribution in [1.82, 2.24) is 0 Å². The number of hydrogen-bond donors (Lipinski definition) is 1. The number of anilines is 1. The van der Waals surface area contributed by atoms with Crippen LogP contribution in [0.5, 0.6) is 0 Å². The Morgan fingerprint density at radius 3 is 2.40 bits per heavy atom. The van der Waals surface area contributed by atoms with Crippen LogP contribution in [0.15, 0.2) is 29.2 Å². The minimum atomic E-state index is -0.308. The molecule has 1 amide bonds. The summed E-state index contributed by atoms with van der Waals surface area (Å²) in [5.41, 5.74) is 0.587. The molecule has 0 bridgehead atoms. The van der Waals surface area contributed by atoms with Crippen molar-refractivity contribution in [3.05, 3.63) is 24.3 Å². The third-order valence-electron chi connectivity index (χ3n) is 4.22. The Hall–Kier alpha value is -0.960. The Kier molecular flexibility index (Phi) is 5.14.